The fourth-order valence-electron chi connectivity index (χ4n) is 2.49. The number of ether oxygens (including phenoxy) is 1. The van der Waals surface area contributed by atoms with E-state index in [1.807, 2.05) is 49.4 Å². The van der Waals surface area contributed by atoms with Gasteiger partial charge in [0.05, 0.1) is 6.61 Å². The fourth-order valence-corrected chi connectivity index (χ4v) is 2.49. The monoisotopic (exact) mass is 291 g/mol. The maximum atomic E-state index is 13.2. The summed E-state index contributed by atoms with van der Waals surface area (Å²) < 4.78 is 19.0. The Morgan fingerprint density at radius 1 is 0.909 bits per heavy atom. The molecular formula is C20H16FO. The van der Waals surface area contributed by atoms with Crippen molar-refractivity contribution in [1.82, 2.24) is 0 Å². The number of benzene rings is 3. The van der Waals surface area contributed by atoms with E-state index in [4.69, 9.17) is 4.74 Å². The van der Waals surface area contributed by atoms with Crippen LogP contribution in [-0.2, 0) is 0 Å². The minimum absolute atomic E-state index is 0.247. The van der Waals surface area contributed by atoms with Gasteiger partial charge in [-0.1, -0.05) is 48.5 Å². The highest BCUT2D eigenvalue weighted by atomic mass is 19.1. The maximum absolute atomic E-state index is 13.2. The molecule has 1 radical (unpaired) electrons. The number of hydrogen-bond donors (Lipinski definition) is 0. The van der Waals surface area contributed by atoms with Gasteiger partial charge in [0.15, 0.2) is 0 Å². The van der Waals surface area contributed by atoms with Gasteiger partial charge in [0.2, 0.25) is 0 Å². The molecule has 0 aliphatic carbocycles. The average Bonchev–Trinajstić information content (AvgIpc) is 2.57. The minimum Gasteiger partial charge on any atom is -0.493 e. The summed E-state index contributed by atoms with van der Waals surface area (Å²) in [6.07, 6.45) is 0. The van der Waals surface area contributed by atoms with Gasteiger partial charge in [-0.3, -0.25) is 0 Å². The van der Waals surface area contributed by atoms with E-state index in [9.17, 15) is 4.39 Å². The van der Waals surface area contributed by atoms with Crippen LogP contribution in [0, 0.1) is 11.9 Å². The van der Waals surface area contributed by atoms with Gasteiger partial charge in [-0.25, -0.2) is 4.39 Å². The Labute approximate surface area is 130 Å². The molecule has 0 aliphatic heterocycles. The van der Waals surface area contributed by atoms with Crippen molar-refractivity contribution in [3.8, 4) is 28.0 Å². The molecule has 22 heavy (non-hydrogen) atoms. The first-order valence-electron chi connectivity index (χ1n) is 7.28. The van der Waals surface area contributed by atoms with Gasteiger partial charge < -0.3 is 4.74 Å². The van der Waals surface area contributed by atoms with Crippen LogP contribution < -0.4 is 4.74 Å². The van der Waals surface area contributed by atoms with Crippen molar-refractivity contribution in [2.45, 2.75) is 6.92 Å². The van der Waals surface area contributed by atoms with Gasteiger partial charge in [-0.05, 0) is 42.3 Å². The Morgan fingerprint density at radius 2 is 1.64 bits per heavy atom. The highest BCUT2D eigenvalue weighted by molar-refractivity contribution is 5.87. The number of hydrogen-bond acceptors (Lipinski definition) is 1. The highest BCUT2D eigenvalue weighted by Crippen LogP contribution is 2.38. The van der Waals surface area contributed by atoms with Crippen molar-refractivity contribution in [1.29, 1.82) is 0 Å². The van der Waals surface area contributed by atoms with Gasteiger partial charge in [-0.15, -0.1) is 0 Å². The molecule has 0 heterocycles. The zero-order valence-electron chi connectivity index (χ0n) is 12.3. The Bertz CT molecular complexity index is 748. The van der Waals surface area contributed by atoms with Crippen LogP contribution >= 0.6 is 0 Å². The smallest absolute Gasteiger partial charge is 0.127 e. The molecule has 0 spiro atoms. The van der Waals surface area contributed by atoms with Crippen molar-refractivity contribution in [3.63, 3.8) is 0 Å². The SMILES string of the molecule is CCOc1cc[c]c(-c2ccccc2)c1-c1ccc(F)cc1. The molecule has 2 heteroatoms. The molecule has 109 valence electrons. The Kier molecular flexibility index (Phi) is 4.19. The van der Waals surface area contributed by atoms with Crippen LogP contribution in [0.3, 0.4) is 0 Å². The van der Waals surface area contributed by atoms with Gasteiger partial charge >= 0.3 is 0 Å². The molecular weight excluding hydrogens is 275 g/mol. The molecule has 0 bridgehead atoms. The van der Waals surface area contributed by atoms with Gasteiger partial charge in [0.25, 0.3) is 0 Å². The predicted octanol–water partition coefficient (Wildman–Crippen LogP) is 5.36. The zero-order valence-corrected chi connectivity index (χ0v) is 12.3. The number of halogens is 1. The van der Waals surface area contributed by atoms with Crippen LogP contribution in [0.1, 0.15) is 6.92 Å². The van der Waals surface area contributed by atoms with Gasteiger partial charge in [0.1, 0.15) is 11.6 Å². The summed E-state index contributed by atoms with van der Waals surface area (Å²) in [5.74, 6) is 0.537. The van der Waals surface area contributed by atoms with Crippen molar-refractivity contribution in [2.24, 2.45) is 0 Å². The number of rotatable bonds is 4. The minimum atomic E-state index is -0.247. The lowest BCUT2D eigenvalue weighted by Gasteiger charge is -2.15. The van der Waals surface area contributed by atoms with Gasteiger partial charge in [-0.2, -0.15) is 0 Å². The second-order valence-corrected chi connectivity index (χ2v) is 4.90. The van der Waals surface area contributed by atoms with Crippen LogP contribution in [-0.4, -0.2) is 6.61 Å². The van der Waals surface area contributed by atoms with E-state index >= 15 is 0 Å². The summed E-state index contributed by atoms with van der Waals surface area (Å²) in [6.45, 7) is 2.53. The Balaban J connectivity index is 2.22. The fraction of sp³-hybridized carbons (Fsp3) is 0.100. The standard InChI is InChI=1S/C20H16FO/c1-2-22-19-10-6-9-18(15-7-4-3-5-8-15)20(19)16-11-13-17(21)14-12-16/h3-8,10-14H,2H2,1H3. The van der Waals surface area contributed by atoms with Crippen molar-refractivity contribution in [2.75, 3.05) is 6.61 Å². The molecule has 1 nitrogen and oxygen atoms in total. The quantitative estimate of drug-likeness (QED) is 0.629. The molecule has 3 aromatic carbocycles. The molecule has 0 saturated heterocycles. The Hall–Kier alpha value is -2.61. The largest absolute Gasteiger partial charge is 0.493 e. The molecule has 0 saturated carbocycles. The third-order valence-electron chi connectivity index (χ3n) is 3.45. The van der Waals surface area contributed by atoms with E-state index < -0.39 is 0 Å². The van der Waals surface area contributed by atoms with Crippen LogP contribution in [0.5, 0.6) is 5.75 Å². The molecule has 3 rings (SSSR count). The van der Waals surface area contributed by atoms with E-state index in [0.29, 0.717) is 6.61 Å². The average molecular weight is 291 g/mol. The molecule has 0 N–H and O–H groups in total. The lowest BCUT2D eigenvalue weighted by molar-refractivity contribution is 0.342. The van der Waals surface area contributed by atoms with Crippen LogP contribution in [0.15, 0.2) is 66.7 Å². The van der Waals surface area contributed by atoms with E-state index in [2.05, 4.69) is 6.07 Å². The second-order valence-electron chi connectivity index (χ2n) is 4.90. The second kappa shape index (κ2) is 6.44. The zero-order chi connectivity index (χ0) is 15.4. The highest BCUT2D eigenvalue weighted by Gasteiger charge is 2.13. The molecule has 0 aliphatic rings. The van der Waals surface area contributed by atoms with E-state index in [1.54, 1.807) is 12.1 Å². The van der Waals surface area contributed by atoms with Crippen molar-refractivity contribution >= 4 is 0 Å². The summed E-state index contributed by atoms with van der Waals surface area (Å²) in [5, 5.41) is 0. The summed E-state index contributed by atoms with van der Waals surface area (Å²) >= 11 is 0. The maximum Gasteiger partial charge on any atom is 0.127 e. The molecule has 0 amide bonds. The topological polar surface area (TPSA) is 9.23 Å². The summed E-state index contributed by atoms with van der Waals surface area (Å²) in [5.41, 5.74) is 3.87. The first-order valence-corrected chi connectivity index (χ1v) is 7.28. The normalized spacial score (nSPS) is 10.5. The molecule has 0 unspecified atom stereocenters. The summed E-state index contributed by atoms with van der Waals surface area (Å²) in [6, 6.07) is 23.6. The molecule has 0 fully saturated rings. The van der Waals surface area contributed by atoms with Gasteiger partial charge in [0, 0.05) is 11.1 Å². The van der Waals surface area contributed by atoms with Crippen LogP contribution in [0.2, 0.25) is 0 Å². The van der Waals surface area contributed by atoms with Crippen LogP contribution in [0.25, 0.3) is 22.3 Å². The first kappa shape index (κ1) is 14.3. The third-order valence-corrected chi connectivity index (χ3v) is 3.45. The molecule has 0 atom stereocenters. The van der Waals surface area contributed by atoms with E-state index in [1.165, 1.54) is 12.1 Å². The third kappa shape index (κ3) is 2.86. The Morgan fingerprint density at radius 3 is 2.32 bits per heavy atom. The van der Waals surface area contributed by atoms with E-state index in [0.717, 1.165) is 28.0 Å². The molecule has 3 aromatic rings. The summed E-state index contributed by atoms with van der Waals surface area (Å²) in [4.78, 5) is 0. The predicted molar refractivity (Wildman–Crippen MR) is 87.3 cm³/mol. The van der Waals surface area contributed by atoms with Crippen molar-refractivity contribution in [3.05, 3.63) is 78.6 Å². The van der Waals surface area contributed by atoms with E-state index in [-0.39, 0.29) is 5.82 Å². The first-order chi connectivity index (χ1) is 10.8. The lowest BCUT2D eigenvalue weighted by Crippen LogP contribution is -1.96. The van der Waals surface area contributed by atoms with Crippen LogP contribution in [0.4, 0.5) is 4.39 Å². The molecule has 0 aromatic heterocycles. The summed E-state index contributed by atoms with van der Waals surface area (Å²) in [7, 11) is 0. The lowest BCUT2D eigenvalue weighted by atomic mass is 9.93. The van der Waals surface area contributed by atoms with Crippen molar-refractivity contribution < 1.29 is 9.13 Å².